The van der Waals surface area contributed by atoms with Crippen molar-refractivity contribution >= 4 is 23.8 Å². The van der Waals surface area contributed by atoms with Crippen molar-refractivity contribution in [1.82, 2.24) is 10.2 Å². The Bertz CT molecular complexity index is 256. The third kappa shape index (κ3) is 4.28. The highest BCUT2D eigenvalue weighted by atomic mass is 32.2. The van der Waals surface area contributed by atoms with Gasteiger partial charge in [0.1, 0.15) is 0 Å². The molecule has 1 unspecified atom stereocenters. The smallest absolute Gasteiger partial charge is 0.332 e. The first kappa shape index (κ1) is 13.1. The fraction of sp³-hybridized carbons (Fsp3) is 0.778. The highest BCUT2D eigenvalue weighted by Crippen LogP contribution is 2.08. The van der Waals surface area contributed by atoms with Crippen molar-refractivity contribution in [2.45, 2.75) is 12.5 Å². The number of carbonyl (C=O) groups excluding carboxylic acids is 1. The van der Waals surface area contributed by atoms with E-state index in [0.717, 1.165) is 24.6 Å². The number of aliphatic carboxylic acids is 1. The van der Waals surface area contributed by atoms with E-state index in [-0.39, 0.29) is 19.0 Å². The first-order valence-corrected chi connectivity index (χ1v) is 6.28. The SMILES string of the molecule is O=C(O)C(O)CCNC(=O)N1CCSCC1. The van der Waals surface area contributed by atoms with Gasteiger partial charge >= 0.3 is 12.0 Å². The number of amides is 2. The summed E-state index contributed by atoms with van der Waals surface area (Å²) in [5.41, 5.74) is 0. The first-order chi connectivity index (χ1) is 7.61. The number of urea groups is 1. The number of hydrogen-bond acceptors (Lipinski definition) is 4. The van der Waals surface area contributed by atoms with Gasteiger partial charge in [0.05, 0.1) is 0 Å². The van der Waals surface area contributed by atoms with Crippen molar-refractivity contribution in [3.8, 4) is 0 Å². The monoisotopic (exact) mass is 248 g/mol. The van der Waals surface area contributed by atoms with Crippen molar-refractivity contribution in [3.05, 3.63) is 0 Å². The number of carboxylic acid groups (broad SMARTS) is 1. The maximum atomic E-state index is 11.5. The van der Waals surface area contributed by atoms with Crippen molar-refractivity contribution in [2.24, 2.45) is 0 Å². The molecule has 6 nitrogen and oxygen atoms in total. The summed E-state index contributed by atoms with van der Waals surface area (Å²) >= 11 is 1.81. The van der Waals surface area contributed by atoms with Crippen LogP contribution in [0.25, 0.3) is 0 Å². The lowest BCUT2D eigenvalue weighted by atomic mass is 10.2. The van der Waals surface area contributed by atoms with E-state index < -0.39 is 12.1 Å². The molecule has 0 aromatic carbocycles. The minimum Gasteiger partial charge on any atom is -0.479 e. The average molecular weight is 248 g/mol. The lowest BCUT2D eigenvalue weighted by Crippen LogP contribution is -2.45. The number of carboxylic acids is 1. The topological polar surface area (TPSA) is 89.9 Å². The Morgan fingerprint density at radius 3 is 2.56 bits per heavy atom. The Hall–Kier alpha value is -0.950. The molecule has 92 valence electrons. The molecule has 2 amide bonds. The van der Waals surface area contributed by atoms with Gasteiger partial charge in [-0.05, 0) is 0 Å². The zero-order chi connectivity index (χ0) is 12.0. The van der Waals surface area contributed by atoms with Gasteiger partial charge < -0.3 is 20.4 Å². The predicted molar refractivity (Wildman–Crippen MR) is 60.6 cm³/mol. The molecule has 0 aromatic heterocycles. The highest BCUT2D eigenvalue weighted by Gasteiger charge is 2.17. The van der Waals surface area contributed by atoms with Gasteiger partial charge in [-0.1, -0.05) is 0 Å². The van der Waals surface area contributed by atoms with E-state index >= 15 is 0 Å². The molecule has 0 saturated carbocycles. The number of nitrogens with one attached hydrogen (secondary N) is 1. The highest BCUT2D eigenvalue weighted by molar-refractivity contribution is 7.99. The first-order valence-electron chi connectivity index (χ1n) is 5.12. The van der Waals surface area contributed by atoms with E-state index in [0.29, 0.717) is 0 Å². The lowest BCUT2D eigenvalue weighted by Gasteiger charge is -2.26. The Morgan fingerprint density at radius 2 is 2.00 bits per heavy atom. The van der Waals surface area contributed by atoms with Crippen molar-refractivity contribution < 1.29 is 19.8 Å². The fourth-order valence-corrected chi connectivity index (χ4v) is 2.22. The van der Waals surface area contributed by atoms with Crippen LogP contribution < -0.4 is 5.32 Å². The lowest BCUT2D eigenvalue weighted by molar-refractivity contribution is -0.146. The molecule has 3 N–H and O–H groups in total. The van der Waals surface area contributed by atoms with E-state index in [1.165, 1.54) is 0 Å². The molecule has 1 aliphatic rings. The second-order valence-electron chi connectivity index (χ2n) is 3.47. The number of nitrogens with zero attached hydrogens (tertiary/aromatic N) is 1. The summed E-state index contributed by atoms with van der Waals surface area (Å²) < 4.78 is 0. The summed E-state index contributed by atoms with van der Waals surface area (Å²) in [5, 5.41) is 20.0. The Morgan fingerprint density at radius 1 is 1.38 bits per heavy atom. The van der Waals surface area contributed by atoms with E-state index in [2.05, 4.69) is 5.32 Å². The van der Waals surface area contributed by atoms with Crippen LogP contribution in [0.3, 0.4) is 0 Å². The van der Waals surface area contributed by atoms with E-state index in [1.54, 1.807) is 4.90 Å². The molecule has 0 bridgehead atoms. The number of aliphatic hydroxyl groups is 1. The van der Waals surface area contributed by atoms with Crippen LogP contribution in [-0.4, -0.2) is 64.4 Å². The summed E-state index contributed by atoms with van der Waals surface area (Å²) in [6, 6.07) is -0.183. The van der Waals surface area contributed by atoms with Crippen LogP contribution in [0.1, 0.15) is 6.42 Å². The third-order valence-corrected chi connectivity index (χ3v) is 3.22. The standard InChI is InChI=1S/C9H16N2O4S/c12-7(8(13)14)1-2-10-9(15)11-3-5-16-6-4-11/h7,12H,1-6H2,(H,10,15)(H,13,14). The molecule has 1 saturated heterocycles. The van der Waals surface area contributed by atoms with Crippen LogP contribution in [0.15, 0.2) is 0 Å². The van der Waals surface area contributed by atoms with Crippen molar-refractivity contribution in [2.75, 3.05) is 31.1 Å². The van der Waals surface area contributed by atoms with Gasteiger partial charge in [0.15, 0.2) is 6.10 Å². The zero-order valence-corrected chi connectivity index (χ0v) is 9.70. The zero-order valence-electron chi connectivity index (χ0n) is 8.89. The predicted octanol–water partition coefficient (Wildman–Crippen LogP) is -0.420. The normalized spacial score (nSPS) is 17.9. The van der Waals surface area contributed by atoms with Crippen LogP contribution in [0, 0.1) is 0 Å². The molecule has 1 aliphatic heterocycles. The largest absolute Gasteiger partial charge is 0.479 e. The summed E-state index contributed by atoms with van der Waals surface area (Å²) in [4.78, 5) is 23.5. The molecule has 1 atom stereocenters. The van der Waals surface area contributed by atoms with Gasteiger partial charge in [-0.3, -0.25) is 0 Å². The number of carbonyl (C=O) groups is 2. The molecule has 1 fully saturated rings. The molecule has 16 heavy (non-hydrogen) atoms. The molecule has 0 spiro atoms. The minimum atomic E-state index is -1.41. The number of hydrogen-bond donors (Lipinski definition) is 3. The summed E-state index contributed by atoms with van der Waals surface area (Å²) in [7, 11) is 0. The molecule has 0 radical (unpaired) electrons. The Labute approximate surface area is 98.0 Å². The van der Waals surface area contributed by atoms with Gasteiger partial charge in [-0.15, -0.1) is 0 Å². The van der Waals surface area contributed by atoms with Crippen LogP contribution in [-0.2, 0) is 4.79 Å². The Kier molecular flexibility index (Phi) is 5.41. The molecule has 0 aliphatic carbocycles. The molecule has 1 rings (SSSR count). The van der Waals surface area contributed by atoms with Crippen molar-refractivity contribution in [1.29, 1.82) is 0 Å². The molecular formula is C9H16N2O4S. The van der Waals surface area contributed by atoms with Gasteiger partial charge in [0.25, 0.3) is 0 Å². The van der Waals surface area contributed by atoms with E-state index in [1.807, 2.05) is 11.8 Å². The van der Waals surface area contributed by atoms with Crippen LogP contribution in [0.4, 0.5) is 4.79 Å². The number of thioether (sulfide) groups is 1. The van der Waals surface area contributed by atoms with Crippen LogP contribution in [0.5, 0.6) is 0 Å². The van der Waals surface area contributed by atoms with Crippen LogP contribution in [0.2, 0.25) is 0 Å². The van der Waals surface area contributed by atoms with Gasteiger partial charge in [0, 0.05) is 37.6 Å². The quantitative estimate of drug-likeness (QED) is 0.628. The Balaban J connectivity index is 2.16. The number of rotatable bonds is 4. The second kappa shape index (κ2) is 6.59. The second-order valence-corrected chi connectivity index (χ2v) is 4.70. The fourth-order valence-electron chi connectivity index (χ4n) is 1.32. The van der Waals surface area contributed by atoms with Crippen LogP contribution >= 0.6 is 11.8 Å². The van der Waals surface area contributed by atoms with Crippen molar-refractivity contribution in [3.63, 3.8) is 0 Å². The van der Waals surface area contributed by atoms with Gasteiger partial charge in [-0.25, -0.2) is 9.59 Å². The third-order valence-electron chi connectivity index (χ3n) is 2.28. The maximum absolute atomic E-state index is 11.5. The van der Waals surface area contributed by atoms with Gasteiger partial charge in [0.2, 0.25) is 0 Å². The van der Waals surface area contributed by atoms with Gasteiger partial charge in [-0.2, -0.15) is 11.8 Å². The summed E-state index contributed by atoms with van der Waals surface area (Å²) in [6.45, 7) is 1.62. The summed E-state index contributed by atoms with van der Waals surface area (Å²) in [5.74, 6) is 0.611. The molecule has 0 aromatic rings. The molecule has 7 heteroatoms. The number of aliphatic hydroxyl groups excluding tert-OH is 1. The summed E-state index contributed by atoms with van der Waals surface area (Å²) in [6.07, 6.45) is -1.37. The van der Waals surface area contributed by atoms with E-state index in [4.69, 9.17) is 10.2 Å². The molecular weight excluding hydrogens is 232 g/mol. The maximum Gasteiger partial charge on any atom is 0.332 e. The van der Waals surface area contributed by atoms with E-state index in [9.17, 15) is 9.59 Å². The molecule has 1 heterocycles. The minimum absolute atomic E-state index is 0.0314. The average Bonchev–Trinajstić information content (AvgIpc) is 2.29.